The van der Waals surface area contributed by atoms with Crippen LogP contribution in [0, 0.1) is 10.7 Å². The van der Waals surface area contributed by atoms with Crippen molar-refractivity contribution in [3.8, 4) is 5.40 Å². The van der Waals surface area contributed by atoms with Crippen LogP contribution in [0.15, 0.2) is 0 Å². The largest absolute Gasteiger partial charge is 1.00 e. The Kier molecular flexibility index (Phi) is 263. The maximum Gasteiger partial charge on any atom is 1.00 e. The van der Waals surface area contributed by atoms with E-state index in [2.05, 4.69) is 12.6 Å². The van der Waals surface area contributed by atoms with Crippen molar-refractivity contribution in [2.24, 2.45) is 0 Å². The smallest absolute Gasteiger partial charge is 0.696 e. The Morgan fingerprint density at radius 2 is 1.60 bits per heavy atom. The molecule has 0 rings (SSSR count). The van der Waals surface area contributed by atoms with E-state index in [9.17, 15) is 0 Å². The molecule has 0 spiro atoms. The van der Waals surface area contributed by atoms with Gasteiger partial charge >= 0.3 is 6.15 Å². The highest BCUT2D eigenvalue weighted by Gasteiger charge is 1.00. The molecule has 0 fully saturated rings. The third-order valence-electron chi connectivity index (χ3n) is 0. The summed E-state index contributed by atoms with van der Waals surface area (Å²) < 4.78 is 0. The number of nitrogens with zero attached hydrogens (tertiary/aromatic N) is 2. The fourth-order valence-corrected chi connectivity index (χ4v) is 0. The van der Waals surface area contributed by atoms with Crippen LogP contribution in [0.4, 0.5) is 0 Å². The van der Waals surface area contributed by atoms with Gasteiger partial charge in [-0.05, 0) is 0 Å². The Hall–Kier alpha value is -0.330. The van der Waals surface area contributed by atoms with Crippen LogP contribution >= 0.6 is 0 Å². The molecule has 0 aliphatic carbocycles. The summed E-state index contributed by atoms with van der Waals surface area (Å²) in [6, 6.07) is 0. The molecule has 5 heavy (non-hydrogen) atoms. The molecule has 0 aromatic rings. The van der Waals surface area contributed by atoms with E-state index in [1.165, 1.54) is 5.40 Å². The van der Waals surface area contributed by atoms with Crippen molar-refractivity contribution in [2.45, 2.75) is 7.43 Å². The summed E-state index contributed by atoms with van der Waals surface area (Å²) >= 11 is 3.70. The predicted molar refractivity (Wildman–Crippen MR) is 21.8 cm³/mol. The molecule has 2 nitrogen and oxygen atoms in total. The molecule has 0 aliphatic heterocycles. The molecule has 0 amide bonds. The van der Waals surface area contributed by atoms with Crippen LogP contribution in [0.5, 0.6) is 0 Å². The van der Waals surface area contributed by atoms with Gasteiger partial charge in [0.25, 0.3) is 0 Å². The van der Waals surface area contributed by atoms with Crippen LogP contribution in [-0.2, 0) is 12.6 Å². The van der Waals surface area contributed by atoms with Crippen LogP contribution in [0.1, 0.15) is 7.43 Å². The van der Waals surface area contributed by atoms with E-state index >= 15 is 0 Å². The summed E-state index contributed by atoms with van der Waals surface area (Å²) in [7, 11) is 0. The first-order chi connectivity index (χ1) is 1.41. The summed E-state index contributed by atoms with van der Waals surface area (Å²) in [5.41, 5.74) is 0. The molecule has 0 N–H and O–H groups in total. The first-order valence-electron chi connectivity index (χ1n) is 0.428. The fraction of sp³-hybridized carbons (Fsp3) is 0.500. The zero-order chi connectivity index (χ0) is 2.71. The van der Waals surface area contributed by atoms with Crippen molar-refractivity contribution in [3.63, 3.8) is 0 Å². The lowest BCUT2D eigenvalue weighted by Crippen LogP contribution is -1.15. The maximum absolute atomic E-state index is 7.13. The first-order valence-corrected chi connectivity index (χ1v) is 0.836. The van der Waals surface area contributed by atoms with Crippen molar-refractivity contribution in [1.82, 2.24) is 6.15 Å². The van der Waals surface area contributed by atoms with E-state index in [-0.39, 0.29) is 13.6 Å². The van der Waals surface area contributed by atoms with Crippen molar-refractivity contribution in [2.75, 3.05) is 0 Å². The van der Waals surface area contributed by atoms with Crippen LogP contribution in [0.25, 0.3) is 0 Å². The third kappa shape index (κ3) is 94.0. The normalized spacial score (nSPS) is 1.40. The zero-order valence-electron chi connectivity index (χ0n) is 1.80. The molecule has 0 saturated heterocycles. The number of hydrogen-bond donors (Lipinski definition) is 0. The zero-order valence-corrected chi connectivity index (χ0v) is 2.62. The molecule has 0 aromatic heterocycles. The highest BCUT2D eigenvalue weighted by atomic mass is 32.1. The predicted octanol–water partition coefficient (Wildman–Crippen LogP) is 0.170. The van der Waals surface area contributed by atoms with Gasteiger partial charge in [-0.25, -0.2) is 5.26 Å². The summed E-state index contributed by atoms with van der Waals surface area (Å²) in [5, 5.41) is 8.47. The standard InChI is InChI=1S/CHNS.CH4.N/c2-1-3;;/h3H;1H4;/q;;+1/p-1. The van der Waals surface area contributed by atoms with Gasteiger partial charge in [0, 0.05) is 0 Å². The van der Waals surface area contributed by atoms with Crippen LogP contribution < -0.4 is 6.15 Å². The summed E-state index contributed by atoms with van der Waals surface area (Å²) in [6.45, 7) is 0. The number of rotatable bonds is 0. The Balaban J connectivity index is -0.0000000200. The van der Waals surface area contributed by atoms with E-state index in [0.29, 0.717) is 0 Å². The van der Waals surface area contributed by atoms with Gasteiger partial charge < -0.3 is 12.6 Å². The van der Waals surface area contributed by atoms with Gasteiger partial charge in [-0.1, -0.05) is 12.8 Å². The van der Waals surface area contributed by atoms with Crippen molar-refractivity contribution in [1.29, 1.82) is 5.26 Å². The van der Waals surface area contributed by atoms with Crippen molar-refractivity contribution in [3.05, 3.63) is 0 Å². The Labute approximate surface area is 37.8 Å². The van der Waals surface area contributed by atoms with E-state index in [4.69, 9.17) is 5.26 Å². The SMILES string of the molecule is C.N#C[S-].[N+]. The van der Waals surface area contributed by atoms with Crippen molar-refractivity contribution >= 4 is 12.6 Å². The highest BCUT2D eigenvalue weighted by Crippen LogP contribution is 1.16. The Morgan fingerprint density at radius 1 is 1.60 bits per heavy atom. The van der Waals surface area contributed by atoms with Gasteiger partial charge in [0.2, 0.25) is 0 Å². The van der Waals surface area contributed by atoms with E-state index in [1.807, 2.05) is 0 Å². The highest BCUT2D eigenvalue weighted by molar-refractivity contribution is 7.64. The van der Waals surface area contributed by atoms with Gasteiger partial charge in [-0.3, -0.25) is 0 Å². The number of hydrogen-bond acceptors (Lipinski definition) is 2. The van der Waals surface area contributed by atoms with Gasteiger partial charge in [0.15, 0.2) is 0 Å². The Bertz CT molecular complexity index is 29.1. The van der Waals surface area contributed by atoms with Crippen LogP contribution in [0.2, 0.25) is 0 Å². The summed E-state index contributed by atoms with van der Waals surface area (Å²) in [4.78, 5) is 0. The molecule has 28 valence electrons. The topological polar surface area (TPSA) is 54.3 Å². The minimum Gasteiger partial charge on any atom is -0.696 e. The second kappa shape index (κ2) is 58.3. The lowest BCUT2D eigenvalue weighted by molar-refractivity contribution is 1.57. The number of nitriles is 1. The fourth-order valence-electron chi connectivity index (χ4n) is 0. The first kappa shape index (κ1) is 22.6. The second-order valence-electron chi connectivity index (χ2n) is 0.0913. The minimum absolute atomic E-state index is 0. The molecule has 0 unspecified atom stereocenters. The average Bonchev–Trinajstić information content (AvgIpc) is 0.918. The summed E-state index contributed by atoms with van der Waals surface area (Å²) in [5.74, 6) is 0. The van der Waals surface area contributed by atoms with Gasteiger partial charge in [0.1, 0.15) is 0 Å². The lowest BCUT2D eigenvalue weighted by Gasteiger charge is -1.53. The van der Waals surface area contributed by atoms with Crippen LogP contribution in [0.3, 0.4) is 0 Å². The molecule has 0 heterocycles. The van der Waals surface area contributed by atoms with E-state index in [0.717, 1.165) is 0 Å². The van der Waals surface area contributed by atoms with Gasteiger partial charge in [-0.2, -0.15) is 0 Å². The van der Waals surface area contributed by atoms with Gasteiger partial charge in [0.05, 0.1) is 0 Å². The molecular formula is C2H4N2S. The molecule has 3 heteroatoms. The number of thiocyanates is 1. The van der Waals surface area contributed by atoms with E-state index in [1.54, 1.807) is 0 Å². The van der Waals surface area contributed by atoms with E-state index < -0.39 is 0 Å². The Morgan fingerprint density at radius 3 is 1.60 bits per heavy atom. The lowest BCUT2D eigenvalue weighted by atomic mass is 11.8. The molecule has 0 atom stereocenters. The molecule has 0 bridgehead atoms. The quantitative estimate of drug-likeness (QED) is 0.313. The molecular weight excluding hydrogens is 84.1 g/mol. The average molecular weight is 88.1 g/mol. The molecule has 0 saturated carbocycles. The minimum atomic E-state index is 0. The summed E-state index contributed by atoms with van der Waals surface area (Å²) in [6.07, 6.45) is 0. The third-order valence-corrected chi connectivity index (χ3v) is 0. The monoisotopic (exact) mass is 88.0 g/mol. The van der Waals surface area contributed by atoms with Crippen LogP contribution in [-0.4, -0.2) is 0 Å². The molecule has 4 radical (unpaired) electrons. The molecule has 0 aliphatic rings. The van der Waals surface area contributed by atoms with Crippen molar-refractivity contribution < 1.29 is 0 Å². The molecule has 0 aromatic carbocycles. The maximum atomic E-state index is 7.13. The second-order valence-corrected chi connectivity index (χ2v) is 0.274. The van der Waals surface area contributed by atoms with Gasteiger partial charge in [-0.15, -0.1) is 0 Å².